The monoisotopic (exact) mass is 216 g/mol. The van der Waals surface area contributed by atoms with E-state index in [1.807, 2.05) is 0 Å². The van der Waals surface area contributed by atoms with Crippen LogP contribution in [-0.2, 0) is 11.2 Å². The van der Waals surface area contributed by atoms with E-state index in [2.05, 4.69) is 0 Å². The molecule has 0 unspecified atom stereocenters. The van der Waals surface area contributed by atoms with Gasteiger partial charge in [0.15, 0.2) is 0 Å². The zero-order valence-electron chi connectivity index (χ0n) is 7.72. The number of aryl methyl sites for hydroxylation is 1. The van der Waals surface area contributed by atoms with Gasteiger partial charge >= 0.3 is 0 Å². The topological polar surface area (TPSA) is 17.1 Å². The molecule has 4 heteroatoms. The Morgan fingerprint density at radius 1 is 1.43 bits per heavy atom. The van der Waals surface area contributed by atoms with Crippen molar-refractivity contribution in [2.45, 2.75) is 17.7 Å². The van der Waals surface area contributed by atoms with Crippen LogP contribution < -0.4 is 0 Å². The highest BCUT2D eigenvalue weighted by Crippen LogP contribution is 2.25. The summed E-state index contributed by atoms with van der Waals surface area (Å²) in [5, 5.41) is 0. The van der Waals surface area contributed by atoms with Crippen molar-refractivity contribution in [3.05, 3.63) is 29.3 Å². The molecule has 0 bridgehead atoms. The Bertz CT molecular complexity index is 339. The summed E-state index contributed by atoms with van der Waals surface area (Å²) < 4.78 is 26.5. The van der Waals surface area contributed by atoms with Gasteiger partial charge in [-0.3, -0.25) is 0 Å². The van der Waals surface area contributed by atoms with Crippen molar-refractivity contribution in [3.8, 4) is 0 Å². The zero-order chi connectivity index (χ0) is 10.6. The van der Waals surface area contributed by atoms with Crippen molar-refractivity contribution in [3.63, 3.8) is 0 Å². The molecule has 1 rings (SSSR count). The van der Waals surface area contributed by atoms with E-state index in [0.717, 1.165) is 18.0 Å². The van der Waals surface area contributed by atoms with E-state index in [1.165, 1.54) is 12.1 Å². The minimum absolute atomic E-state index is 0.0217. The third kappa shape index (κ3) is 2.32. The number of benzene rings is 1. The van der Waals surface area contributed by atoms with Crippen LogP contribution in [0.4, 0.5) is 8.78 Å². The normalized spacial score (nSPS) is 10.2. The van der Waals surface area contributed by atoms with Crippen molar-refractivity contribution in [1.29, 1.82) is 0 Å². The maximum Gasteiger partial charge on any atom is 0.142 e. The number of hydrogen-bond acceptors (Lipinski definition) is 2. The van der Waals surface area contributed by atoms with Crippen LogP contribution in [0.15, 0.2) is 17.0 Å². The molecule has 0 saturated carbocycles. The lowest BCUT2D eigenvalue weighted by Crippen LogP contribution is -1.96. The van der Waals surface area contributed by atoms with Gasteiger partial charge < -0.3 is 4.79 Å². The van der Waals surface area contributed by atoms with Crippen LogP contribution in [0.2, 0.25) is 0 Å². The summed E-state index contributed by atoms with van der Waals surface area (Å²) >= 11 is 1.03. The van der Waals surface area contributed by atoms with Crippen LogP contribution in [0.25, 0.3) is 0 Å². The predicted molar refractivity (Wildman–Crippen MR) is 52.5 cm³/mol. The Labute approximate surface area is 85.5 Å². The van der Waals surface area contributed by atoms with Gasteiger partial charge in [0.2, 0.25) is 0 Å². The molecule has 0 N–H and O–H groups in total. The standard InChI is InChI=1S/C10H10F2OS/c1-14-10-8(11)5-4-7(9(10)12)3-2-6-13/h4-6H,2-3H2,1H3. The number of thioether (sulfide) groups is 1. The molecule has 0 aromatic heterocycles. The number of carbonyl (C=O) groups is 1. The molecule has 0 atom stereocenters. The quantitative estimate of drug-likeness (QED) is 0.568. The SMILES string of the molecule is CSc1c(F)ccc(CCC=O)c1F. The number of aldehydes is 1. The number of halogens is 2. The van der Waals surface area contributed by atoms with Gasteiger partial charge in [-0.2, -0.15) is 0 Å². The Morgan fingerprint density at radius 3 is 2.71 bits per heavy atom. The summed E-state index contributed by atoms with van der Waals surface area (Å²) in [4.78, 5) is 10.1. The Morgan fingerprint density at radius 2 is 2.14 bits per heavy atom. The molecule has 0 radical (unpaired) electrons. The third-order valence-corrected chi connectivity index (χ3v) is 2.65. The minimum Gasteiger partial charge on any atom is -0.303 e. The molecule has 0 fully saturated rings. The first-order valence-corrected chi connectivity index (χ1v) is 5.37. The third-order valence-electron chi connectivity index (χ3n) is 1.86. The second-order valence-corrected chi connectivity index (χ2v) is 3.58. The molecule has 0 saturated heterocycles. The van der Waals surface area contributed by atoms with E-state index in [4.69, 9.17) is 0 Å². The summed E-state index contributed by atoms with van der Waals surface area (Å²) in [5.41, 5.74) is 0.392. The predicted octanol–water partition coefficient (Wildman–Crippen LogP) is 2.82. The van der Waals surface area contributed by atoms with E-state index in [1.54, 1.807) is 6.26 Å². The van der Waals surface area contributed by atoms with Crippen LogP contribution in [0.5, 0.6) is 0 Å². The van der Waals surface area contributed by atoms with Crippen LogP contribution >= 0.6 is 11.8 Å². The highest BCUT2D eigenvalue weighted by Gasteiger charge is 2.11. The maximum absolute atomic E-state index is 13.5. The van der Waals surface area contributed by atoms with Gasteiger partial charge in [0.05, 0.1) is 4.90 Å². The van der Waals surface area contributed by atoms with Crippen LogP contribution in [-0.4, -0.2) is 12.5 Å². The summed E-state index contributed by atoms with van der Waals surface area (Å²) in [6.07, 6.45) is 2.92. The number of hydrogen-bond donors (Lipinski definition) is 0. The van der Waals surface area contributed by atoms with Crippen LogP contribution in [0, 0.1) is 11.6 Å². The number of rotatable bonds is 4. The van der Waals surface area contributed by atoms with Gasteiger partial charge in [0.1, 0.15) is 17.9 Å². The van der Waals surface area contributed by atoms with Gasteiger partial charge in [-0.05, 0) is 24.3 Å². The lowest BCUT2D eigenvalue weighted by molar-refractivity contribution is -0.107. The van der Waals surface area contributed by atoms with Crippen molar-refractivity contribution in [1.82, 2.24) is 0 Å². The van der Waals surface area contributed by atoms with E-state index in [9.17, 15) is 13.6 Å². The molecule has 14 heavy (non-hydrogen) atoms. The lowest BCUT2D eigenvalue weighted by Gasteiger charge is -2.05. The smallest absolute Gasteiger partial charge is 0.142 e. The maximum atomic E-state index is 13.5. The van der Waals surface area contributed by atoms with Crippen molar-refractivity contribution < 1.29 is 13.6 Å². The first-order chi connectivity index (χ1) is 6.70. The van der Waals surface area contributed by atoms with E-state index in [0.29, 0.717) is 12.0 Å². The summed E-state index contributed by atoms with van der Waals surface area (Å²) in [6.45, 7) is 0. The van der Waals surface area contributed by atoms with Gasteiger partial charge in [-0.15, -0.1) is 11.8 Å². The summed E-state index contributed by atoms with van der Waals surface area (Å²) in [5.74, 6) is -1.09. The van der Waals surface area contributed by atoms with Crippen LogP contribution in [0.1, 0.15) is 12.0 Å². The minimum atomic E-state index is -0.551. The average molecular weight is 216 g/mol. The van der Waals surface area contributed by atoms with Gasteiger partial charge in [-0.25, -0.2) is 8.78 Å². The summed E-state index contributed by atoms with van der Waals surface area (Å²) in [6, 6.07) is 2.61. The number of carbonyl (C=O) groups excluding carboxylic acids is 1. The molecular weight excluding hydrogens is 206 g/mol. The fourth-order valence-corrected chi connectivity index (χ4v) is 1.74. The Hall–Kier alpha value is -0.900. The lowest BCUT2D eigenvalue weighted by atomic mass is 10.1. The zero-order valence-corrected chi connectivity index (χ0v) is 8.54. The molecule has 0 aliphatic rings. The highest BCUT2D eigenvalue weighted by molar-refractivity contribution is 7.98. The largest absolute Gasteiger partial charge is 0.303 e. The molecule has 0 spiro atoms. The molecule has 1 aromatic carbocycles. The van der Waals surface area contributed by atoms with Crippen molar-refractivity contribution in [2.24, 2.45) is 0 Å². The average Bonchev–Trinajstić information content (AvgIpc) is 2.18. The second kappa shape index (κ2) is 5.10. The van der Waals surface area contributed by atoms with Crippen molar-refractivity contribution in [2.75, 3.05) is 6.26 Å². The van der Waals surface area contributed by atoms with Crippen LogP contribution in [0.3, 0.4) is 0 Å². The second-order valence-electron chi connectivity index (χ2n) is 2.76. The summed E-state index contributed by atoms with van der Waals surface area (Å²) in [7, 11) is 0. The van der Waals surface area contributed by atoms with Gasteiger partial charge in [0, 0.05) is 6.42 Å². The van der Waals surface area contributed by atoms with Gasteiger partial charge in [-0.1, -0.05) is 6.07 Å². The molecular formula is C10H10F2OS. The van der Waals surface area contributed by atoms with Gasteiger partial charge in [0.25, 0.3) is 0 Å². The molecule has 0 amide bonds. The fourth-order valence-electron chi connectivity index (χ4n) is 1.17. The van der Waals surface area contributed by atoms with E-state index < -0.39 is 11.6 Å². The molecule has 1 aromatic rings. The molecule has 76 valence electrons. The van der Waals surface area contributed by atoms with E-state index >= 15 is 0 Å². The highest BCUT2D eigenvalue weighted by atomic mass is 32.2. The fraction of sp³-hybridized carbons (Fsp3) is 0.300. The molecule has 0 aliphatic carbocycles. The molecule has 1 nitrogen and oxygen atoms in total. The Kier molecular flexibility index (Phi) is 4.07. The van der Waals surface area contributed by atoms with E-state index in [-0.39, 0.29) is 11.3 Å². The Balaban J connectivity index is 3.01. The molecule has 0 aliphatic heterocycles. The first-order valence-electron chi connectivity index (χ1n) is 4.15. The van der Waals surface area contributed by atoms with Crippen molar-refractivity contribution >= 4 is 18.0 Å². The first kappa shape index (κ1) is 11.2. The molecule has 0 heterocycles.